The van der Waals surface area contributed by atoms with Crippen LogP contribution in [0.5, 0.6) is 23.0 Å². The van der Waals surface area contributed by atoms with E-state index < -0.39 is 0 Å². The van der Waals surface area contributed by atoms with Crippen molar-refractivity contribution in [1.82, 2.24) is 9.97 Å². The summed E-state index contributed by atoms with van der Waals surface area (Å²) >= 11 is 6.49. The summed E-state index contributed by atoms with van der Waals surface area (Å²) in [6, 6.07) is 18.3. The van der Waals surface area contributed by atoms with Crippen LogP contribution in [0.3, 0.4) is 0 Å². The van der Waals surface area contributed by atoms with E-state index in [1.165, 1.54) is 0 Å². The van der Waals surface area contributed by atoms with Crippen molar-refractivity contribution in [1.29, 1.82) is 0 Å². The van der Waals surface area contributed by atoms with Crippen LogP contribution in [0.15, 0.2) is 60.7 Å². The van der Waals surface area contributed by atoms with Crippen LogP contribution in [-0.4, -0.2) is 50.6 Å². The molecule has 0 aliphatic rings. The summed E-state index contributed by atoms with van der Waals surface area (Å²) < 4.78 is 27.7. The van der Waals surface area contributed by atoms with Crippen LogP contribution in [0.4, 0.5) is 5.82 Å². The summed E-state index contributed by atoms with van der Waals surface area (Å²) in [5.41, 5.74) is 7.62. The third-order valence-electron chi connectivity index (χ3n) is 5.04. The quantitative estimate of drug-likeness (QED) is 0.277. The number of fused-ring (bicyclic) bond motifs is 1. The Hall–Kier alpha value is -3.59. The maximum atomic E-state index is 6.49. The van der Waals surface area contributed by atoms with Crippen molar-refractivity contribution in [2.45, 2.75) is 0 Å². The van der Waals surface area contributed by atoms with Crippen molar-refractivity contribution in [3.05, 3.63) is 65.7 Å². The molecule has 1 aromatic heterocycles. The molecule has 0 aliphatic heterocycles. The molecule has 9 heteroatoms. The molecule has 4 aromatic rings. The molecule has 182 valence electrons. The number of nitrogens with zero attached hydrogens (tertiary/aromatic N) is 2. The van der Waals surface area contributed by atoms with Crippen molar-refractivity contribution >= 4 is 28.3 Å². The van der Waals surface area contributed by atoms with Gasteiger partial charge in [0.05, 0.1) is 23.8 Å². The molecule has 0 spiro atoms. The number of benzene rings is 3. The summed E-state index contributed by atoms with van der Waals surface area (Å²) in [6.07, 6.45) is 0. The van der Waals surface area contributed by atoms with Gasteiger partial charge >= 0.3 is 0 Å². The summed E-state index contributed by atoms with van der Waals surface area (Å²) in [7, 11) is 3.22. The van der Waals surface area contributed by atoms with Gasteiger partial charge in [-0.1, -0.05) is 29.8 Å². The number of ether oxygens (including phenoxy) is 5. The first-order valence-electron chi connectivity index (χ1n) is 11.0. The molecule has 0 aliphatic carbocycles. The summed E-state index contributed by atoms with van der Waals surface area (Å²) in [5, 5.41) is 1.08. The number of nitrogens with two attached hydrogens (primary N) is 1. The fourth-order valence-electron chi connectivity index (χ4n) is 3.32. The zero-order chi connectivity index (χ0) is 24.6. The molecule has 0 saturated heterocycles. The van der Waals surface area contributed by atoms with Gasteiger partial charge in [-0.3, -0.25) is 0 Å². The number of rotatable bonds is 11. The molecule has 0 atom stereocenters. The average molecular weight is 496 g/mol. The molecule has 4 rings (SSSR count). The number of aromatic nitrogens is 2. The molecule has 0 bridgehead atoms. The van der Waals surface area contributed by atoms with E-state index in [1.54, 1.807) is 38.5 Å². The van der Waals surface area contributed by atoms with Gasteiger partial charge in [-0.2, -0.15) is 0 Å². The molecule has 1 heterocycles. The van der Waals surface area contributed by atoms with Crippen LogP contribution in [0.25, 0.3) is 22.3 Å². The zero-order valence-corrected chi connectivity index (χ0v) is 20.2. The fraction of sp³-hybridized carbons (Fsp3) is 0.231. The van der Waals surface area contributed by atoms with Gasteiger partial charge in [0.1, 0.15) is 30.5 Å². The number of halogens is 1. The van der Waals surface area contributed by atoms with Crippen molar-refractivity contribution in [3.8, 4) is 34.4 Å². The number of para-hydroxylation sites is 1. The van der Waals surface area contributed by atoms with Crippen LogP contribution in [0.1, 0.15) is 0 Å². The van der Waals surface area contributed by atoms with E-state index in [1.807, 2.05) is 36.4 Å². The van der Waals surface area contributed by atoms with Crippen molar-refractivity contribution in [2.24, 2.45) is 0 Å². The molecule has 0 saturated carbocycles. The van der Waals surface area contributed by atoms with E-state index in [2.05, 4.69) is 4.98 Å². The number of hydrogen-bond acceptors (Lipinski definition) is 8. The first-order valence-corrected chi connectivity index (χ1v) is 11.3. The number of hydrogen-bond donors (Lipinski definition) is 1. The molecule has 0 unspecified atom stereocenters. The van der Waals surface area contributed by atoms with Crippen molar-refractivity contribution in [2.75, 3.05) is 46.4 Å². The highest BCUT2D eigenvalue weighted by molar-refractivity contribution is 6.32. The summed E-state index contributed by atoms with van der Waals surface area (Å²) in [5.74, 6) is 3.02. The van der Waals surface area contributed by atoms with E-state index >= 15 is 0 Å². The molecule has 8 nitrogen and oxygen atoms in total. The highest BCUT2D eigenvalue weighted by Gasteiger charge is 2.15. The van der Waals surface area contributed by atoms with Gasteiger partial charge in [0.15, 0.2) is 17.3 Å². The second-order valence-corrected chi connectivity index (χ2v) is 7.90. The zero-order valence-electron chi connectivity index (χ0n) is 19.5. The van der Waals surface area contributed by atoms with Gasteiger partial charge in [0.25, 0.3) is 0 Å². The Kier molecular flexibility index (Phi) is 8.20. The lowest BCUT2D eigenvalue weighted by atomic mass is 10.1. The van der Waals surface area contributed by atoms with Crippen LogP contribution in [-0.2, 0) is 9.47 Å². The summed E-state index contributed by atoms with van der Waals surface area (Å²) in [6.45, 7) is 1.58. The Balaban J connectivity index is 1.66. The first-order chi connectivity index (χ1) is 17.1. The third-order valence-corrected chi connectivity index (χ3v) is 5.34. The topological polar surface area (TPSA) is 98.0 Å². The number of methoxy groups -OCH3 is 2. The standard InChI is InChI=1S/C26H26ClN3O5/c1-31-10-12-33-23-15-19-21(16-24(23)34-13-11-32-2)29-26(30-25(19)28)17-8-9-22(20(27)14-17)35-18-6-4-3-5-7-18/h3-9,14-16H,10-13H2,1-2H3,(H2,28,29,30). The van der Waals surface area contributed by atoms with E-state index in [0.29, 0.717) is 82.6 Å². The average Bonchev–Trinajstić information content (AvgIpc) is 2.86. The van der Waals surface area contributed by atoms with Gasteiger partial charge in [-0.25, -0.2) is 9.97 Å². The second-order valence-electron chi connectivity index (χ2n) is 7.49. The molecule has 35 heavy (non-hydrogen) atoms. The Morgan fingerprint density at radius 3 is 2.11 bits per heavy atom. The normalized spacial score (nSPS) is 10.9. The minimum Gasteiger partial charge on any atom is -0.487 e. The molecule has 3 aromatic carbocycles. The highest BCUT2D eigenvalue weighted by atomic mass is 35.5. The second kappa shape index (κ2) is 11.7. The van der Waals surface area contributed by atoms with Crippen LogP contribution < -0.4 is 19.9 Å². The van der Waals surface area contributed by atoms with Gasteiger partial charge in [-0.15, -0.1) is 0 Å². The smallest absolute Gasteiger partial charge is 0.163 e. The van der Waals surface area contributed by atoms with Crippen LogP contribution in [0, 0.1) is 0 Å². The molecule has 2 N–H and O–H groups in total. The predicted molar refractivity (Wildman–Crippen MR) is 136 cm³/mol. The van der Waals surface area contributed by atoms with Crippen molar-refractivity contribution < 1.29 is 23.7 Å². The monoisotopic (exact) mass is 495 g/mol. The van der Waals surface area contributed by atoms with E-state index in [4.69, 9.17) is 46.0 Å². The van der Waals surface area contributed by atoms with Crippen LogP contribution in [0.2, 0.25) is 5.02 Å². The molecule has 0 amide bonds. The Bertz CT molecular complexity index is 1290. The Morgan fingerprint density at radius 1 is 0.771 bits per heavy atom. The lowest BCUT2D eigenvalue weighted by molar-refractivity contribution is 0.132. The van der Waals surface area contributed by atoms with Gasteiger partial charge in [0.2, 0.25) is 0 Å². The van der Waals surface area contributed by atoms with Gasteiger partial charge < -0.3 is 29.4 Å². The molecule has 0 radical (unpaired) electrons. The Labute approximate surface area is 208 Å². The largest absolute Gasteiger partial charge is 0.487 e. The first kappa shape index (κ1) is 24.5. The lowest BCUT2D eigenvalue weighted by Crippen LogP contribution is -2.09. The maximum Gasteiger partial charge on any atom is 0.163 e. The molecular formula is C26H26ClN3O5. The molecular weight excluding hydrogens is 470 g/mol. The third kappa shape index (κ3) is 6.10. The van der Waals surface area contributed by atoms with Crippen molar-refractivity contribution in [3.63, 3.8) is 0 Å². The minimum atomic E-state index is 0.311. The van der Waals surface area contributed by atoms with Crippen LogP contribution >= 0.6 is 11.6 Å². The minimum absolute atomic E-state index is 0.311. The van der Waals surface area contributed by atoms with E-state index in [-0.39, 0.29) is 0 Å². The Morgan fingerprint density at radius 2 is 1.46 bits per heavy atom. The summed E-state index contributed by atoms with van der Waals surface area (Å²) in [4.78, 5) is 9.20. The molecule has 0 fully saturated rings. The predicted octanol–water partition coefficient (Wildman–Crippen LogP) is 5.38. The van der Waals surface area contributed by atoms with E-state index in [9.17, 15) is 0 Å². The van der Waals surface area contributed by atoms with E-state index in [0.717, 1.165) is 0 Å². The fourth-order valence-corrected chi connectivity index (χ4v) is 3.54. The number of anilines is 1. The maximum absolute atomic E-state index is 6.49. The lowest BCUT2D eigenvalue weighted by Gasteiger charge is -2.15. The van der Waals surface area contributed by atoms with Gasteiger partial charge in [-0.05, 0) is 36.4 Å². The SMILES string of the molecule is COCCOc1cc2nc(-c3ccc(Oc4ccccc4)c(Cl)c3)nc(N)c2cc1OCCOC. The van der Waals surface area contributed by atoms with Gasteiger partial charge in [0, 0.05) is 31.2 Å². The number of nitrogen functional groups attached to an aromatic ring is 1. The highest BCUT2D eigenvalue weighted by Crippen LogP contribution is 2.36.